The average Bonchev–Trinajstić information content (AvgIpc) is 2.37. The molecule has 0 aliphatic carbocycles. The zero-order valence-electron chi connectivity index (χ0n) is 10.9. The monoisotopic (exact) mass is 332 g/mol. The maximum Gasteiger partial charge on any atom is 0.402 e. The highest BCUT2D eigenvalue weighted by molar-refractivity contribution is 7.89. The summed E-state index contributed by atoms with van der Waals surface area (Å²) in [6.07, 6.45) is -4.80. The van der Waals surface area contributed by atoms with E-state index in [2.05, 4.69) is 0 Å². The average molecular weight is 332 g/mol. The standard InChI is InChI=1S/C11H13F5N2O2S/c1-2-18(6-11(14,15)16)21(19,20)9-4-7(5-17)3-8(12)10(9)13/h3-4H,2,5-6,17H2,1H3. The Bertz CT molecular complexity index is 616. The molecule has 10 heteroatoms. The molecule has 0 spiro atoms. The van der Waals surface area contributed by atoms with Crippen molar-refractivity contribution in [1.82, 2.24) is 4.31 Å². The number of nitrogens with two attached hydrogens (primary N) is 1. The van der Waals surface area contributed by atoms with Crippen LogP contribution in [0.5, 0.6) is 0 Å². The fourth-order valence-electron chi connectivity index (χ4n) is 1.63. The Labute approximate surface area is 118 Å². The molecule has 0 radical (unpaired) electrons. The highest BCUT2D eigenvalue weighted by Gasteiger charge is 2.37. The summed E-state index contributed by atoms with van der Waals surface area (Å²) in [5, 5.41) is 0. The van der Waals surface area contributed by atoms with E-state index in [0.29, 0.717) is 6.07 Å². The second-order valence-electron chi connectivity index (χ2n) is 4.14. The quantitative estimate of drug-likeness (QED) is 0.839. The van der Waals surface area contributed by atoms with E-state index in [-0.39, 0.29) is 16.4 Å². The fourth-order valence-corrected chi connectivity index (χ4v) is 3.19. The van der Waals surface area contributed by atoms with Gasteiger partial charge in [-0.2, -0.15) is 17.5 Å². The predicted molar refractivity (Wildman–Crippen MR) is 64.7 cm³/mol. The van der Waals surface area contributed by atoms with E-state index < -0.39 is 45.8 Å². The van der Waals surface area contributed by atoms with Crippen LogP contribution in [0.15, 0.2) is 17.0 Å². The topological polar surface area (TPSA) is 63.4 Å². The van der Waals surface area contributed by atoms with Crippen molar-refractivity contribution in [2.45, 2.75) is 24.5 Å². The number of alkyl halides is 3. The lowest BCUT2D eigenvalue weighted by Gasteiger charge is -2.22. The van der Waals surface area contributed by atoms with Crippen LogP contribution in [-0.2, 0) is 16.6 Å². The molecule has 0 heterocycles. The van der Waals surface area contributed by atoms with Gasteiger partial charge in [0.05, 0.1) is 0 Å². The van der Waals surface area contributed by atoms with E-state index in [4.69, 9.17) is 5.73 Å². The lowest BCUT2D eigenvalue weighted by molar-refractivity contribution is -0.135. The lowest BCUT2D eigenvalue weighted by Crippen LogP contribution is -2.39. The van der Waals surface area contributed by atoms with E-state index in [1.165, 1.54) is 0 Å². The van der Waals surface area contributed by atoms with Gasteiger partial charge >= 0.3 is 6.18 Å². The molecule has 1 rings (SSSR count). The van der Waals surface area contributed by atoms with Gasteiger partial charge in [-0.15, -0.1) is 0 Å². The van der Waals surface area contributed by atoms with Crippen LogP contribution in [-0.4, -0.2) is 32.0 Å². The molecule has 0 aliphatic heterocycles. The molecule has 120 valence electrons. The van der Waals surface area contributed by atoms with Gasteiger partial charge in [-0.25, -0.2) is 17.2 Å². The van der Waals surface area contributed by atoms with Crippen LogP contribution in [0.1, 0.15) is 12.5 Å². The molecule has 0 unspecified atom stereocenters. The summed E-state index contributed by atoms with van der Waals surface area (Å²) >= 11 is 0. The smallest absolute Gasteiger partial charge is 0.326 e. The van der Waals surface area contributed by atoms with E-state index in [1.54, 1.807) is 0 Å². The summed E-state index contributed by atoms with van der Waals surface area (Å²) in [5.41, 5.74) is 5.17. The summed E-state index contributed by atoms with van der Waals surface area (Å²) in [6.45, 7) is -1.47. The summed E-state index contributed by atoms with van der Waals surface area (Å²) in [5.74, 6) is -3.22. The molecule has 0 bridgehead atoms. The Balaban J connectivity index is 3.38. The summed E-state index contributed by atoms with van der Waals surface area (Å²) in [6, 6.07) is 1.42. The van der Waals surface area contributed by atoms with E-state index >= 15 is 0 Å². The normalized spacial score (nSPS) is 13.0. The van der Waals surface area contributed by atoms with Crippen LogP contribution in [0, 0.1) is 11.6 Å². The molecule has 4 nitrogen and oxygen atoms in total. The van der Waals surface area contributed by atoms with E-state index in [1.807, 2.05) is 0 Å². The molecule has 0 atom stereocenters. The van der Waals surface area contributed by atoms with Gasteiger partial charge in [-0.05, 0) is 17.7 Å². The molecule has 2 N–H and O–H groups in total. The minimum atomic E-state index is -4.83. The molecular formula is C11H13F5N2O2S. The first kappa shape index (κ1) is 17.8. The molecule has 0 saturated carbocycles. The van der Waals surface area contributed by atoms with Crippen LogP contribution >= 0.6 is 0 Å². The van der Waals surface area contributed by atoms with Gasteiger partial charge in [0.15, 0.2) is 11.6 Å². The van der Waals surface area contributed by atoms with Gasteiger partial charge in [0.25, 0.3) is 0 Å². The number of nitrogens with zero attached hydrogens (tertiary/aromatic N) is 1. The fraction of sp³-hybridized carbons (Fsp3) is 0.455. The Morgan fingerprint density at radius 1 is 1.24 bits per heavy atom. The Hall–Kier alpha value is -1.26. The molecule has 0 amide bonds. The SMILES string of the molecule is CCN(CC(F)(F)F)S(=O)(=O)c1cc(CN)cc(F)c1F. The maximum absolute atomic E-state index is 13.6. The largest absolute Gasteiger partial charge is 0.402 e. The zero-order chi connectivity index (χ0) is 16.4. The molecule has 0 fully saturated rings. The maximum atomic E-state index is 13.6. The van der Waals surface area contributed by atoms with Crippen LogP contribution in [0.2, 0.25) is 0 Å². The van der Waals surface area contributed by atoms with Crippen molar-refractivity contribution in [3.63, 3.8) is 0 Å². The third kappa shape index (κ3) is 4.11. The second kappa shape index (κ2) is 6.24. The molecule has 1 aromatic rings. The number of benzene rings is 1. The summed E-state index contributed by atoms with van der Waals surface area (Å²) < 4.78 is 88.2. The van der Waals surface area contributed by atoms with Crippen molar-refractivity contribution < 1.29 is 30.4 Å². The number of hydrogen-bond acceptors (Lipinski definition) is 3. The van der Waals surface area contributed by atoms with Gasteiger partial charge in [0.2, 0.25) is 10.0 Å². The third-order valence-corrected chi connectivity index (χ3v) is 4.54. The molecular weight excluding hydrogens is 319 g/mol. The molecule has 0 saturated heterocycles. The zero-order valence-corrected chi connectivity index (χ0v) is 11.7. The lowest BCUT2D eigenvalue weighted by atomic mass is 10.2. The van der Waals surface area contributed by atoms with Crippen LogP contribution in [0.3, 0.4) is 0 Å². The minimum Gasteiger partial charge on any atom is -0.326 e. The summed E-state index contributed by atoms with van der Waals surface area (Å²) in [4.78, 5) is -1.16. The first-order valence-corrected chi connectivity index (χ1v) is 7.21. The van der Waals surface area contributed by atoms with Gasteiger partial charge in [-0.1, -0.05) is 6.92 Å². The molecule has 21 heavy (non-hydrogen) atoms. The van der Waals surface area contributed by atoms with Crippen molar-refractivity contribution in [3.8, 4) is 0 Å². The van der Waals surface area contributed by atoms with Crippen molar-refractivity contribution in [2.75, 3.05) is 13.1 Å². The second-order valence-corrected chi connectivity index (χ2v) is 6.05. The van der Waals surface area contributed by atoms with Gasteiger partial charge in [0.1, 0.15) is 11.4 Å². The van der Waals surface area contributed by atoms with Crippen LogP contribution in [0.25, 0.3) is 0 Å². The highest BCUT2D eigenvalue weighted by Crippen LogP contribution is 2.26. The van der Waals surface area contributed by atoms with Crippen molar-refractivity contribution in [2.24, 2.45) is 5.73 Å². The van der Waals surface area contributed by atoms with Crippen molar-refractivity contribution in [3.05, 3.63) is 29.3 Å². The predicted octanol–water partition coefficient (Wildman–Crippen LogP) is 2.00. The van der Waals surface area contributed by atoms with E-state index in [0.717, 1.165) is 13.0 Å². The van der Waals surface area contributed by atoms with Crippen LogP contribution < -0.4 is 5.73 Å². The van der Waals surface area contributed by atoms with Gasteiger partial charge < -0.3 is 5.73 Å². The van der Waals surface area contributed by atoms with Gasteiger partial charge in [-0.3, -0.25) is 0 Å². The molecule has 0 aliphatic rings. The van der Waals surface area contributed by atoms with E-state index in [9.17, 15) is 30.4 Å². The Morgan fingerprint density at radius 2 is 1.81 bits per heavy atom. The Kier molecular flexibility index (Phi) is 5.29. The first-order valence-electron chi connectivity index (χ1n) is 5.77. The third-order valence-electron chi connectivity index (χ3n) is 2.62. The number of rotatable bonds is 5. The van der Waals surface area contributed by atoms with Gasteiger partial charge in [0, 0.05) is 13.1 Å². The van der Waals surface area contributed by atoms with Crippen molar-refractivity contribution in [1.29, 1.82) is 0 Å². The minimum absolute atomic E-state index is 0.0190. The Morgan fingerprint density at radius 3 is 2.24 bits per heavy atom. The molecule has 1 aromatic carbocycles. The number of hydrogen-bond donors (Lipinski definition) is 1. The van der Waals surface area contributed by atoms with Crippen LogP contribution in [0.4, 0.5) is 22.0 Å². The highest BCUT2D eigenvalue weighted by atomic mass is 32.2. The number of halogens is 5. The first-order chi connectivity index (χ1) is 9.52. The number of sulfonamides is 1. The molecule has 0 aromatic heterocycles. The summed E-state index contributed by atoms with van der Waals surface area (Å²) in [7, 11) is -4.83. The van der Waals surface area contributed by atoms with Crippen molar-refractivity contribution >= 4 is 10.0 Å².